The third-order valence-corrected chi connectivity index (χ3v) is 0. The Bertz CT molecular complexity index is 143. The minimum atomic E-state index is -3.67. The standard InChI is InChI=1S/C3H9N.C2H7N.CH4O3S/c1-4(2)3;1-2-3;1-5(2,3)4/h1-3H3;2-3H2,1H3;1H3,(H,2,3,4). The molecule has 0 atom stereocenters. The van der Waals surface area contributed by atoms with E-state index in [4.69, 9.17) is 10.3 Å². The lowest BCUT2D eigenvalue weighted by Crippen LogP contribution is -1.99. The Labute approximate surface area is 75.3 Å². The van der Waals surface area contributed by atoms with Gasteiger partial charge in [-0.25, -0.2) is 0 Å². The summed E-state index contributed by atoms with van der Waals surface area (Å²) in [5.41, 5.74) is 4.85. The third kappa shape index (κ3) is 26500. The van der Waals surface area contributed by atoms with E-state index in [1.165, 1.54) is 0 Å². The Hall–Kier alpha value is -0.170. The molecule has 0 fully saturated rings. The van der Waals surface area contributed by atoms with Crippen LogP contribution in [0.3, 0.4) is 0 Å². The van der Waals surface area contributed by atoms with Crippen molar-refractivity contribution in [3.63, 3.8) is 0 Å². The molecule has 0 aromatic rings. The van der Waals surface area contributed by atoms with Crippen molar-refractivity contribution >= 4 is 10.1 Å². The summed E-state index contributed by atoms with van der Waals surface area (Å²) in [6.07, 6.45) is 0.715. The van der Waals surface area contributed by atoms with E-state index in [2.05, 4.69) is 0 Å². The maximum atomic E-state index is 9.19. The SMILES string of the molecule is CCN.CN(C)C.CS(=O)(=O)O. The molecule has 0 aliphatic carbocycles. The molecule has 0 aliphatic rings. The molecule has 0 amide bonds. The lowest BCUT2D eigenvalue weighted by molar-refractivity contribution is 0.490. The highest BCUT2D eigenvalue weighted by molar-refractivity contribution is 7.85. The fourth-order valence-corrected chi connectivity index (χ4v) is 0. The Morgan fingerprint density at radius 2 is 1.33 bits per heavy atom. The van der Waals surface area contributed by atoms with Crippen molar-refractivity contribution in [3.8, 4) is 0 Å². The van der Waals surface area contributed by atoms with Gasteiger partial charge < -0.3 is 10.6 Å². The maximum Gasteiger partial charge on any atom is 0.261 e. The second-order valence-corrected chi connectivity index (χ2v) is 3.95. The Morgan fingerprint density at radius 1 is 1.33 bits per heavy atom. The fraction of sp³-hybridized carbons (Fsp3) is 1.00. The topological polar surface area (TPSA) is 83.6 Å². The van der Waals surface area contributed by atoms with E-state index in [0.717, 1.165) is 6.54 Å². The Kier molecular flexibility index (Phi) is 16.1. The van der Waals surface area contributed by atoms with E-state index in [1.54, 1.807) is 0 Å². The second-order valence-electron chi connectivity index (χ2n) is 2.48. The van der Waals surface area contributed by atoms with E-state index in [1.807, 2.05) is 33.0 Å². The van der Waals surface area contributed by atoms with Crippen molar-refractivity contribution in [2.75, 3.05) is 33.9 Å². The molecule has 3 N–H and O–H groups in total. The van der Waals surface area contributed by atoms with Gasteiger partial charge in [0, 0.05) is 0 Å². The summed E-state index contributed by atoms with van der Waals surface area (Å²) in [6, 6.07) is 0. The average molecular weight is 200 g/mol. The van der Waals surface area contributed by atoms with Crippen LogP contribution in [0.5, 0.6) is 0 Å². The largest absolute Gasteiger partial charge is 0.331 e. The molecule has 0 aliphatic heterocycles. The van der Waals surface area contributed by atoms with E-state index < -0.39 is 10.1 Å². The van der Waals surface area contributed by atoms with Crippen LogP contribution in [0.4, 0.5) is 0 Å². The van der Waals surface area contributed by atoms with Crippen molar-refractivity contribution in [2.24, 2.45) is 5.73 Å². The number of hydrogen-bond acceptors (Lipinski definition) is 4. The van der Waals surface area contributed by atoms with Crippen LogP contribution in [0.25, 0.3) is 0 Å². The van der Waals surface area contributed by atoms with Gasteiger partial charge in [0.15, 0.2) is 0 Å². The van der Waals surface area contributed by atoms with Gasteiger partial charge in [0.1, 0.15) is 0 Å². The number of nitrogens with zero attached hydrogens (tertiary/aromatic N) is 1. The Morgan fingerprint density at radius 3 is 1.33 bits per heavy atom. The predicted octanol–water partition coefficient (Wildman–Crippen LogP) is -0.353. The molecular weight excluding hydrogens is 180 g/mol. The van der Waals surface area contributed by atoms with Crippen LogP contribution >= 0.6 is 0 Å². The summed E-state index contributed by atoms with van der Waals surface area (Å²) in [5.74, 6) is 0. The highest BCUT2D eigenvalue weighted by Crippen LogP contribution is 1.60. The lowest BCUT2D eigenvalue weighted by atomic mass is 10.8. The summed E-state index contributed by atoms with van der Waals surface area (Å²) in [5, 5.41) is 0. The maximum absolute atomic E-state index is 9.19. The summed E-state index contributed by atoms with van der Waals surface area (Å²) in [4.78, 5) is 2.00. The number of nitrogens with two attached hydrogens (primary N) is 1. The van der Waals surface area contributed by atoms with Crippen molar-refractivity contribution in [3.05, 3.63) is 0 Å². The molecule has 0 saturated heterocycles. The van der Waals surface area contributed by atoms with Crippen molar-refractivity contribution in [1.29, 1.82) is 0 Å². The van der Waals surface area contributed by atoms with E-state index >= 15 is 0 Å². The Balaban J connectivity index is -0.000000105. The molecule has 78 valence electrons. The molecule has 0 saturated carbocycles. The van der Waals surface area contributed by atoms with Crippen LogP contribution in [0, 0.1) is 0 Å². The van der Waals surface area contributed by atoms with Crippen LogP contribution in [-0.2, 0) is 10.1 Å². The molecule has 0 radical (unpaired) electrons. The van der Waals surface area contributed by atoms with E-state index in [0.29, 0.717) is 6.26 Å². The first-order valence-corrected chi connectivity index (χ1v) is 5.23. The normalized spacial score (nSPS) is 9.33. The first kappa shape index (κ1) is 17.8. The van der Waals surface area contributed by atoms with Gasteiger partial charge >= 0.3 is 0 Å². The first-order valence-electron chi connectivity index (χ1n) is 3.38. The number of rotatable bonds is 0. The quantitative estimate of drug-likeness (QED) is 0.522. The zero-order valence-corrected chi connectivity index (χ0v) is 9.22. The molecular formula is C6H20N2O3S. The molecule has 0 unspecified atom stereocenters. The van der Waals surface area contributed by atoms with Crippen LogP contribution in [0.1, 0.15) is 6.92 Å². The van der Waals surface area contributed by atoms with Crippen LogP contribution in [-0.4, -0.2) is 51.8 Å². The fourth-order valence-electron chi connectivity index (χ4n) is 0. The lowest BCUT2D eigenvalue weighted by Gasteiger charge is -1.90. The van der Waals surface area contributed by atoms with Gasteiger partial charge in [-0.2, -0.15) is 8.42 Å². The zero-order valence-electron chi connectivity index (χ0n) is 8.40. The van der Waals surface area contributed by atoms with Gasteiger partial charge in [-0.3, -0.25) is 4.55 Å². The van der Waals surface area contributed by atoms with Crippen molar-refractivity contribution in [1.82, 2.24) is 4.90 Å². The molecule has 0 aromatic heterocycles. The van der Waals surface area contributed by atoms with Gasteiger partial charge in [0.25, 0.3) is 10.1 Å². The van der Waals surface area contributed by atoms with E-state index in [-0.39, 0.29) is 0 Å². The molecule has 12 heavy (non-hydrogen) atoms. The minimum Gasteiger partial charge on any atom is -0.331 e. The summed E-state index contributed by atoms with van der Waals surface area (Å²) in [7, 11) is 2.33. The third-order valence-electron chi connectivity index (χ3n) is 0. The minimum absolute atomic E-state index is 0.715. The molecule has 0 rings (SSSR count). The zero-order chi connectivity index (χ0) is 10.8. The molecule has 0 aromatic carbocycles. The monoisotopic (exact) mass is 200 g/mol. The van der Waals surface area contributed by atoms with Crippen molar-refractivity contribution in [2.45, 2.75) is 6.92 Å². The van der Waals surface area contributed by atoms with Crippen LogP contribution in [0.2, 0.25) is 0 Å². The molecule has 0 bridgehead atoms. The number of hydrogen-bond donors (Lipinski definition) is 2. The summed E-state index contributed by atoms with van der Waals surface area (Å²) in [6.45, 7) is 2.65. The highest BCUT2D eigenvalue weighted by atomic mass is 32.2. The summed E-state index contributed by atoms with van der Waals surface area (Å²) >= 11 is 0. The first-order chi connectivity index (χ1) is 5.15. The van der Waals surface area contributed by atoms with Gasteiger partial charge in [-0.05, 0) is 27.7 Å². The second kappa shape index (κ2) is 10.8. The van der Waals surface area contributed by atoms with Crippen LogP contribution in [0.15, 0.2) is 0 Å². The van der Waals surface area contributed by atoms with Gasteiger partial charge in [-0.1, -0.05) is 6.92 Å². The van der Waals surface area contributed by atoms with Gasteiger partial charge in [0.2, 0.25) is 0 Å². The summed E-state index contributed by atoms with van der Waals surface area (Å²) < 4.78 is 25.9. The van der Waals surface area contributed by atoms with Gasteiger partial charge in [0.05, 0.1) is 6.26 Å². The molecule has 0 spiro atoms. The van der Waals surface area contributed by atoms with Crippen molar-refractivity contribution < 1.29 is 13.0 Å². The van der Waals surface area contributed by atoms with E-state index in [9.17, 15) is 8.42 Å². The average Bonchev–Trinajstić information content (AvgIpc) is 1.56. The molecule has 0 heterocycles. The highest BCUT2D eigenvalue weighted by Gasteiger charge is 1.81. The van der Waals surface area contributed by atoms with Gasteiger partial charge in [-0.15, -0.1) is 0 Å². The molecule has 5 nitrogen and oxygen atoms in total. The smallest absolute Gasteiger partial charge is 0.261 e. The molecule has 6 heteroatoms. The van der Waals surface area contributed by atoms with Crippen LogP contribution < -0.4 is 5.73 Å². The predicted molar refractivity (Wildman–Crippen MR) is 51.8 cm³/mol.